The zero-order valence-electron chi connectivity index (χ0n) is 85.3. The maximum absolute atomic E-state index is 11.7. The van der Waals surface area contributed by atoms with Crippen molar-refractivity contribution in [1.29, 1.82) is 0 Å². The van der Waals surface area contributed by atoms with E-state index in [-0.39, 0.29) is 49.7 Å². The van der Waals surface area contributed by atoms with Crippen molar-refractivity contribution < 1.29 is 28.5 Å². The van der Waals surface area contributed by atoms with E-state index in [1.165, 1.54) is 18.4 Å². The predicted molar refractivity (Wildman–Crippen MR) is 533 cm³/mol. The molecule has 0 bridgehead atoms. The number of nitrogens with zero attached hydrogens (tertiary/aromatic N) is 18. The highest BCUT2D eigenvalue weighted by molar-refractivity contribution is 5.76. The van der Waals surface area contributed by atoms with Crippen molar-refractivity contribution in [2.45, 2.75) is 312 Å². The maximum atomic E-state index is 11.7. The number of rotatable bonds is 19. The van der Waals surface area contributed by atoms with Crippen LogP contribution < -0.4 is 57.2 Å². The van der Waals surface area contributed by atoms with Gasteiger partial charge in [0.1, 0.15) is 52.9 Å². The van der Waals surface area contributed by atoms with Gasteiger partial charge in [0.25, 0.3) is 0 Å². The van der Waals surface area contributed by atoms with Gasteiger partial charge in [0.05, 0.1) is 123 Å². The molecule has 0 aromatic carbocycles. The van der Waals surface area contributed by atoms with Crippen molar-refractivity contribution in [2.75, 3.05) is 185 Å². The first-order chi connectivity index (χ1) is 62.0. The number of hydrogen-bond acceptors (Lipinski definition) is 30. The van der Waals surface area contributed by atoms with E-state index in [1.54, 1.807) is 13.3 Å². The second-order valence-corrected chi connectivity index (χ2v) is 43.9. The van der Waals surface area contributed by atoms with Crippen LogP contribution in [-0.4, -0.2) is 267 Å². The molecular formula is C100H162N26O6. The third-order valence-electron chi connectivity index (χ3n) is 24.1. The maximum Gasteiger partial charge on any atom is 0.227 e. The molecule has 32 heteroatoms. The van der Waals surface area contributed by atoms with Gasteiger partial charge in [0.2, 0.25) is 29.7 Å². The van der Waals surface area contributed by atoms with Crippen LogP contribution in [-0.2, 0) is 72.9 Å². The van der Waals surface area contributed by atoms with Crippen molar-refractivity contribution in [1.82, 2.24) is 85.2 Å². The topological polar surface area (TPSA) is 351 Å². The van der Waals surface area contributed by atoms with Gasteiger partial charge in [-0.3, -0.25) is 9.59 Å². The molecule has 9 aliphatic heterocycles. The molecule has 8 N–H and O–H groups in total. The second kappa shape index (κ2) is 46.2. The Morgan fingerprint density at radius 3 is 1.35 bits per heavy atom. The van der Waals surface area contributed by atoms with Crippen molar-refractivity contribution in [3.8, 4) is 0 Å². The van der Waals surface area contributed by atoms with Crippen molar-refractivity contribution in [3.63, 3.8) is 0 Å². The molecule has 9 aliphatic rings. The molecule has 9 fully saturated rings. The number of likely N-dealkylation sites (tertiary alicyclic amines) is 2. The molecule has 16 heterocycles. The van der Waals surface area contributed by atoms with Crippen LogP contribution in [0.2, 0.25) is 0 Å². The van der Waals surface area contributed by atoms with E-state index in [4.69, 9.17) is 38.9 Å². The molecule has 728 valence electrons. The van der Waals surface area contributed by atoms with Gasteiger partial charge >= 0.3 is 0 Å². The Bertz CT molecular complexity index is 4790. The van der Waals surface area contributed by atoms with Crippen LogP contribution in [0.1, 0.15) is 275 Å². The third kappa shape index (κ3) is 32.1. The van der Waals surface area contributed by atoms with Crippen LogP contribution in [0.15, 0.2) is 61.1 Å². The molecule has 7 aromatic heterocycles. The number of amides is 2. The summed E-state index contributed by atoms with van der Waals surface area (Å²) in [6.07, 6.45) is 9.52. The molecule has 0 saturated carbocycles. The number of aromatic nitrogens is 13. The lowest BCUT2D eigenvalue weighted by Gasteiger charge is -2.39. The number of pyridine rings is 1. The average molecular weight is 1820 g/mol. The molecule has 0 unspecified atom stereocenters. The molecule has 132 heavy (non-hydrogen) atoms. The zero-order chi connectivity index (χ0) is 96.3. The van der Waals surface area contributed by atoms with E-state index in [9.17, 15) is 9.59 Å². The summed E-state index contributed by atoms with van der Waals surface area (Å²) >= 11 is 0. The summed E-state index contributed by atoms with van der Waals surface area (Å²) in [6, 6.07) is 19.4. The van der Waals surface area contributed by atoms with Crippen molar-refractivity contribution in [2.24, 2.45) is 0 Å². The first-order valence-corrected chi connectivity index (χ1v) is 48.3. The van der Waals surface area contributed by atoms with Crippen LogP contribution in [0.5, 0.6) is 0 Å². The highest BCUT2D eigenvalue weighted by Gasteiger charge is 2.34. The average Bonchev–Trinajstić information content (AvgIpc) is 1.22. The van der Waals surface area contributed by atoms with Gasteiger partial charge in [-0.2, -0.15) is 9.97 Å². The minimum absolute atomic E-state index is 0.00909. The van der Waals surface area contributed by atoms with Crippen molar-refractivity contribution in [3.05, 3.63) is 118 Å². The third-order valence-corrected chi connectivity index (χ3v) is 24.1. The molecule has 0 radical (unpaired) electrons. The van der Waals surface area contributed by atoms with Crippen molar-refractivity contribution >= 4 is 64.6 Å². The Labute approximate surface area is 788 Å². The standard InChI is InChI=1S/C17H27N3O.C15H26N6.C15H24N4O.C14H22N4O.C14H23N3O.C13H21N3O.C12H19N3O/c1-5-16(21)20-10-7-14(8-11-20)19-15-12-13(6-9-18-15)17(2,3)4;1-15(2,3)12-8-13(18-11-9-17-10-11)20-14(19-12)21-6-4-16-5-7-21;1-15(2,3)12-8-13(16-11-9-20-10-11)18-14(17-12)19-6-4-5-7-19;1-9-15-12(14(3,4)5)6-13(16-9)17-11-7-18(8-11)10(2)19;1-9(2)13-16-11(14(3,4)5)6-12(17-13)15-10-7-18-8-10;1-5-9-6-11(13(2,3)4)16-12(14-9)15-10-7-17-8-10;1-12(2,3)10-5-11(14-8-13-10)15(4)9-6-16-7-9/h6,9,12,14H,5,7-8,10-11H2,1-4H3,(H,18,19);8,11,16-17H,4-7,9-10H2,1-3H3,(H,18,19,20);8,11H,4-7,9-10H2,1-3H3,(H,16,17,18);6,11H,7-8H2,1-5H3,(H,15,16,17);6,9-10H,7-8H2,1-5H3,(H,15,16,17);6,10H,5,7-8H2,1-4H3,(H,14,15,16);5,8-9H,6-7H2,1-4H3. The molecule has 0 atom stereocenters. The SMILES string of the molecule is CC(=O)N1CC(Nc2cc(C(C)(C)C)nc(C)n2)C1.CC(C)(C)c1cc(NC2CNC2)nc(N2CCNCC2)n1.CC(C)(C)c1cc(NC2COC2)nc(N2CCCC2)n1.CC(C)c1nc(NC2COC2)cc(C(C)(C)C)n1.CCC(=O)N1CCC(Nc2cc(C(C)(C)C)ccn2)CC1.CCc1cc(C(C)(C)C)nc(NC2COC2)n1.CN(c1cc(C(C)(C)C)ncn1)C1COC1. The zero-order valence-corrected chi connectivity index (χ0v) is 85.3. The normalized spacial score (nSPS) is 17.8. The molecule has 0 spiro atoms. The molecule has 16 rings (SSSR count). The number of piperazine rings is 1. The van der Waals surface area contributed by atoms with Crippen LogP contribution in [0, 0.1) is 6.92 Å². The molecule has 32 nitrogen and oxygen atoms in total. The van der Waals surface area contributed by atoms with Gasteiger partial charge in [-0.1, -0.05) is 173 Å². The monoisotopic (exact) mass is 1820 g/mol. The highest BCUT2D eigenvalue weighted by Crippen LogP contribution is 2.34. The van der Waals surface area contributed by atoms with E-state index in [0.717, 1.165) is 255 Å². The minimum Gasteiger partial charge on any atom is -0.377 e. The number of piperidine rings is 1. The van der Waals surface area contributed by atoms with Gasteiger partial charge in [0.15, 0.2) is 0 Å². The number of carbonyl (C=O) groups excluding carboxylic acids is 2. The lowest BCUT2D eigenvalue weighted by atomic mass is 9.88. The van der Waals surface area contributed by atoms with Gasteiger partial charge in [-0.05, 0) is 68.2 Å². The van der Waals surface area contributed by atoms with E-state index < -0.39 is 0 Å². The Balaban J connectivity index is 0.000000160. The second-order valence-electron chi connectivity index (χ2n) is 43.9. The van der Waals surface area contributed by atoms with Gasteiger partial charge in [-0.15, -0.1) is 0 Å². The number of likely N-dealkylation sites (N-methyl/N-ethyl adjacent to an activating group) is 1. The number of anilines is 9. The first-order valence-electron chi connectivity index (χ1n) is 48.3. The number of ether oxygens (including phenoxy) is 4. The fourth-order valence-electron chi connectivity index (χ4n) is 14.6. The summed E-state index contributed by atoms with van der Waals surface area (Å²) in [6.45, 7) is 75.0. The summed E-state index contributed by atoms with van der Waals surface area (Å²) in [5.41, 5.74) is 9.22. The summed E-state index contributed by atoms with van der Waals surface area (Å²) in [7, 11) is 2.06. The van der Waals surface area contributed by atoms with Crippen LogP contribution in [0.3, 0.4) is 0 Å². The summed E-state index contributed by atoms with van der Waals surface area (Å²) in [5.74, 6) is 10.5. The fourth-order valence-corrected chi connectivity index (χ4v) is 14.6. The Hall–Kier alpha value is -9.47. The van der Waals surface area contributed by atoms with E-state index in [2.05, 4.69) is 318 Å². The molecule has 2 amide bonds. The van der Waals surface area contributed by atoms with Gasteiger partial charge in [0, 0.05) is 186 Å². The number of hydrogen-bond donors (Lipinski definition) is 8. The largest absolute Gasteiger partial charge is 0.377 e. The van der Waals surface area contributed by atoms with E-state index in [1.807, 2.05) is 35.9 Å². The lowest BCUT2D eigenvalue weighted by molar-refractivity contribution is -0.133. The molecule has 9 saturated heterocycles. The van der Waals surface area contributed by atoms with E-state index in [0.29, 0.717) is 54.6 Å². The first kappa shape index (κ1) is 105. The molecular weight excluding hydrogens is 1660 g/mol. The summed E-state index contributed by atoms with van der Waals surface area (Å²) in [4.78, 5) is 92.7. The van der Waals surface area contributed by atoms with Gasteiger partial charge in [-0.25, -0.2) is 54.8 Å². The van der Waals surface area contributed by atoms with Crippen LogP contribution in [0.25, 0.3) is 0 Å². The number of carbonyl (C=O) groups is 2. The lowest BCUT2D eigenvalue weighted by Crippen LogP contribution is -2.56. The Kier molecular flexibility index (Phi) is 36.6. The smallest absolute Gasteiger partial charge is 0.227 e. The summed E-state index contributed by atoms with van der Waals surface area (Å²) in [5, 5.41) is 27.2. The van der Waals surface area contributed by atoms with Crippen LogP contribution in [0.4, 0.5) is 52.8 Å². The number of aryl methyl sites for hydroxylation is 2. The summed E-state index contributed by atoms with van der Waals surface area (Å²) < 4.78 is 20.7. The number of nitrogens with one attached hydrogen (secondary N) is 8. The molecule has 7 aromatic rings. The van der Waals surface area contributed by atoms with E-state index >= 15 is 0 Å². The van der Waals surface area contributed by atoms with Crippen LogP contribution >= 0.6 is 0 Å². The Morgan fingerprint density at radius 1 is 0.447 bits per heavy atom. The molecule has 0 aliphatic carbocycles. The minimum atomic E-state index is 0.00909. The fraction of sp³-hybridized carbons (Fsp3) is 0.690. The Morgan fingerprint density at radius 2 is 0.902 bits per heavy atom. The highest BCUT2D eigenvalue weighted by atomic mass is 16.5. The predicted octanol–water partition coefficient (Wildman–Crippen LogP) is 14.1. The van der Waals surface area contributed by atoms with Gasteiger partial charge < -0.3 is 86.0 Å². The quantitative estimate of drug-likeness (QED) is 0.0373.